The zero-order chi connectivity index (χ0) is 16.1. The Morgan fingerprint density at radius 1 is 1.41 bits per heavy atom. The molecule has 1 saturated heterocycles. The fourth-order valence-corrected chi connectivity index (χ4v) is 3.04. The lowest BCUT2D eigenvalue weighted by molar-refractivity contribution is -0.607. The third-order valence-corrected chi connectivity index (χ3v) is 4.59. The van der Waals surface area contributed by atoms with Crippen molar-refractivity contribution in [2.45, 2.75) is 39.7 Å². The van der Waals surface area contributed by atoms with E-state index in [9.17, 15) is 10.0 Å². The van der Waals surface area contributed by atoms with E-state index >= 15 is 0 Å². The summed E-state index contributed by atoms with van der Waals surface area (Å²) in [6.07, 6.45) is 3.79. The van der Waals surface area contributed by atoms with E-state index in [1.807, 2.05) is 0 Å². The molecule has 5 nitrogen and oxygen atoms in total. The molecule has 1 atom stereocenters. The van der Waals surface area contributed by atoms with E-state index in [4.69, 9.17) is 0 Å². The quantitative estimate of drug-likeness (QED) is 0.666. The van der Waals surface area contributed by atoms with Crippen LogP contribution in [0.25, 0.3) is 0 Å². The number of carbonyl (C=O) groups excluding carboxylic acids is 1. The second-order valence-corrected chi connectivity index (χ2v) is 6.65. The van der Waals surface area contributed by atoms with Gasteiger partial charge in [0.2, 0.25) is 0 Å². The van der Waals surface area contributed by atoms with Crippen LogP contribution in [0, 0.1) is 17.0 Å². The lowest BCUT2D eigenvalue weighted by Crippen LogP contribution is -2.50. The van der Waals surface area contributed by atoms with Gasteiger partial charge in [-0.25, -0.2) is 0 Å². The number of nitrogens with one attached hydrogen (secondary N) is 1. The average Bonchev–Trinajstić information content (AvgIpc) is 2.49. The first-order chi connectivity index (χ1) is 10.5. The average molecular weight is 305 g/mol. The molecule has 0 radical (unpaired) electrons. The number of rotatable bonds is 5. The molecule has 0 aliphatic carbocycles. The summed E-state index contributed by atoms with van der Waals surface area (Å²) in [6.45, 7) is 9.43. The van der Waals surface area contributed by atoms with Gasteiger partial charge >= 0.3 is 5.91 Å². The minimum absolute atomic E-state index is 0.150. The molecule has 122 valence electrons. The molecule has 0 aromatic carbocycles. The molecular formula is C17H27N3O2. The minimum atomic E-state index is -0.299. The Kier molecular flexibility index (Phi) is 5.77. The van der Waals surface area contributed by atoms with Crippen LogP contribution in [-0.4, -0.2) is 36.5 Å². The zero-order valence-corrected chi connectivity index (χ0v) is 13.8. The molecular weight excluding hydrogens is 278 g/mol. The van der Waals surface area contributed by atoms with Gasteiger partial charge in [0.15, 0.2) is 6.20 Å². The molecule has 22 heavy (non-hydrogen) atoms. The molecule has 0 bridgehead atoms. The predicted molar refractivity (Wildman–Crippen MR) is 86.3 cm³/mol. The second kappa shape index (κ2) is 7.58. The van der Waals surface area contributed by atoms with Crippen LogP contribution in [-0.2, 0) is 0 Å². The van der Waals surface area contributed by atoms with E-state index in [1.165, 1.54) is 19.0 Å². The van der Waals surface area contributed by atoms with E-state index < -0.39 is 0 Å². The molecule has 1 amide bonds. The van der Waals surface area contributed by atoms with Crippen LogP contribution in [0.4, 0.5) is 0 Å². The lowest BCUT2D eigenvalue weighted by atomic mass is 9.94. The summed E-state index contributed by atoms with van der Waals surface area (Å²) in [5.74, 6) is 0.956. The van der Waals surface area contributed by atoms with Gasteiger partial charge in [-0.3, -0.25) is 9.69 Å². The van der Waals surface area contributed by atoms with Crippen molar-refractivity contribution >= 4 is 5.91 Å². The first kappa shape index (κ1) is 16.7. The van der Waals surface area contributed by atoms with Crippen molar-refractivity contribution in [3.05, 3.63) is 35.3 Å². The highest BCUT2D eigenvalue weighted by Crippen LogP contribution is 2.21. The minimum Gasteiger partial charge on any atom is -0.618 e. The van der Waals surface area contributed by atoms with Crippen molar-refractivity contribution in [2.24, 2.45) is 11.8 Å². The Balaban J connectivity index is 1.94. The molecule has 1 aliphatic heterocycles. The zero-order valence-electron chi connectivity index (χ0n) is 13.8. The van der Waals surface area contributed by atoms with Crippen molar-refractivity contribution in [3.63, 3.8) is 0 Å². The van der Waals surface area contributed by atoms with Crippen molar-refractivity contribution in [1.82, 2.24) is 10.2 Å². The van der Waals surface area contributed by atoms with E-state index in [2.05, 4.69) is 31.0 Å². The molecule has 1 aliphatic rings. The monoisotopic (exact) mass is 305 g/mol. The fraction of sp³-hybridized carbons (Fsp3) is 0.647. The number of pyridine rings is 1. The van der Waals surface area contributed by atoms with Gasteiger partial charge in [-0.05, 0) is 43.8 Å². The maximum Gasteiger partial charge on any atom is 0.317 e. The van der Waals surface area contributed by atoms with Gasteiger partial charge < -0.3 is 10.5 Å². The Labute approximate surface area is 132 Å². The second-order valence-electron chi connectivity index (χ2n) is 6.65. The summed E-state index contributed by atoms with van der Waals surface area (Å²) in [5, 5.41) is 14.6. The SMILES string of the molecule is CC1CCN([C@@H](CNC(=O)c2cccc[n+]2[O-])C(C)C)CC1. The van der Waals surface area contributed by atoms with Crippen LogP contribution in [0.5, 0.6) is 0 Å². The third-order valence-electron chi connectivity index (χ3n) is 4.59. The molecule has 2 heterocycles. The summed E-state index contributed by atoms with van der Waals surface area (Å²) in [7, 11) is 0. The largest absolute Gasteiger partial charge is 0.618 e. The van der Waals surface area contributed by atoms with Crippen molar-refractivity contribution in [3.8, 4) is 0 Å². The van der Waals surface area contributed by atoms with Gasteiger partial charge in [-0.2, -0.15) is 4.73 Å². The summed E-state index contributed by atoms with van der Waals surface area (Å²) in [6, 6.07) is 5.19. The molecule has 0 spiro atoms. The number of piperidine rings is 1. The smallest absolute Gasteiger partial charge is 0.317 e. The van der Waals surface area contributed by atoms with Gasteiger partial charge in [0.1, 0.15) is 0 Å². The molecule has 2 rings (SSSR count). The van der Waals surface area contributed by atoms with E-state index in [0.29, 0.717) is 23.2 Å². The topological polar surface area (TPSA) is 59.3 Å². The van der Waals surface area contributed by atoms with Gasteiger partial charge in [0.25, 0.3) is 5.69 Å². The highest BCUT2D eigenvalue weighted by molar-refractivity contribution is 5.90. The van der Waals surface area contributed by atoms with Crippen LogP contribution >= 0.6 is 0 Å². The Hall–Kier alpha value is -1.62. The molecule has 1 N–H and O–H groups in total. The van der Waals surface area contributed by atoms with Crippen LogP contribution in [0.3, 0.4) is 0 Å². The molecule has 0 saturated carbocycles. The normalized spacial score (nSPS) is 18.4. The van der Waals surface area contributed by atoms with Crippen LogP contribution in [0.15, 0.2) is 24.4 Å². The number of hydrogen-bond donors (Lipinski definition) is 1. The Bertz CT molecular complexity index is 496. The Morgan fingerprint density at radius 3 is 2.68 bits per heavy atom. The molecule has 5 heteroatoms. The maximum atomic E-state index is 12.2. The molecule has 0 unspecified atom stereocenters. The maximum absolute atomic E-state index is 12.2. The standard InChI is InChI=1S/C17H27N3O2/c1-13(2)16(19-10-7-14(3)8-11-19)12-18-17(21)15-6-4-5-9-20(15)22/h4-6,9,13-14,16H,7-8,10-12H2,1-3H3,(H,18,21)/t16-/m0/s1. The summed E-state index contributed by atoms with van der Waals surface area (Å²) in [5.41, 5.74) is 0.150. The highest BCUT2D eigenvalue weighted by Gasteiger charge is 2.26. The van der Waals surface area contributed by atoms with Gasteiger partial charge in [-0.15, -0.1) is 0 Å². The van der Waals surface area contributed by atoms with Crippen LogP contribution in [0.2, 0.25) is 0 Å². The number of likely N-dealkylation sites (tertiary alicyclic amines) is 1. The number of hydrogen-bond acceptors (Lipinski definition) is 3. The third kappa shape index (κ3) is 4.19. The predicted octanol–water partition coefficient (Wildman–Crippen LogP) is 1.81. The fourth-order valence-electron chi connectivity index (χ4n) is 3.04. The number of aromatic nitrogens is 1. The van der Waals surface area contributed by atoms with Crippen LogP contribution in [0.1, 0.15) is 44.1 Å². The van der Waals surface area contributed by atoms with E-state index in [-0.39, 0.29) is 11.6 Å². The number of nitrogens with zero attached hydrogens (tertiary/aromatic N) is 2. The molecule has 1 fully saturated rings. The molecule has 1 aromatic rings. The summed E-state index contributed by atoms with van der Waals surface area (Å²) in [4.78, 5) is 14.7. The van der Waals surface area contributed by atoms with E-state index in [1.54, 1.807) is 18.2 Å². The van der Waals surface area contributed by atoms with Crippen molar-refractivity contribution in [2.75, 3.05) is 19.6 Å². The summed E-state index contributed by atoms with van der Waals surface area (Å²) >= 11 is 0. The first-order valence-corrected chi connectivity index (χ1v) is 8.19. The van der Waals surface area contributed by atoms with Gasteiger partial charge in [-0.1, -0.05) is 20.8 Å². The number of carbonyl (C=O) groups is 1. The van der Waals surface area contributed by atoms with Crippen LogP contribution < -0.4 is 10.0 Å². The van der Waals surface area contributed by atoms with Crippen molar-refractivity contribution < 1.29 is 9.52 Å². The van der Waals surface area contributed by atoms with Gasteiger partial charge in [0, 0.05) is 24.7 Å². The number of amides is 1. The highest BCUT2D eigenvalue weighted by atomic mass is 16.5. The summed E-state index contributed by atoms with van der Waals surface area (Å²) < 4.78 is 0.613. The van der Waals surface area contributed by atoms with Gasteiger partial charge in [0.05, 0.1) is 0 Å². The van der Waals surface area contributed by atoms with E-state index in [0.717, 1.165) is 19.0 Å². The lowest BCUT2D eigenvalue weighted by Gasteiger charge is -2.38. The molecule has 1 aromatic heterocycles. The first-order valence-electron chi connectivity index (χ1n) is 8.19. The van der Waals surface area contributed by atoms with Crippen molar-refractivity contribution in [1.29, 1.82) is 0 Å². The Morgan fingerprint density at radius 2 is 2.09 bits per heavy atom.